The molecule has 0 aliphatic carbocycles. The number of fused-ring (bicyclic) bond motifs is 2. The minimum absolute atomic E-state index is 0.0228. The lowest BCUT2D eigenvalue weighted by molar-refractivity contribution is -0.127. The molecule has 2 bridgehead atoms. The number of hydrogen-bond donors (Lipinski definition) is 1. The van der Waals surface area contributed by atoms with Crippen LogP contribution in [0.5, 0.6) is 5.75 Å². The number of amides is 1. The van der Waals surface area contributed by atoms with Crippen LogP contribution in [0.25, 0.3) is 0 Å². The Hall–Kier alpha value is -2.41. The van der Waals surface area contributed by atoms with E-state index in [2.05, 4.69) is 29.5 Å². The molecule has 1 aliphatic heterocycles. The molecule has 1 amide bonds. The summed E-state index contributed by atoms with van der Waals surface area (Å²) >= 11 is 0. The van der Waals surface area contributed by atoms with Crippen LogP contribution in [0.1, 0.15) is 31.5 Å². The Morgan fingerprint density at radius 3 is 2.81 bits per heavy atom. The highest BCUT2D eigenvalue weighted by atomic mass is 16.5. The van der Waals surface area contributed by atoms with Gasteiger partial charge in [-0.25, -0.2) is 0 Å². The Morgan fingerprint density at radius 1 is 1.33 bits per heavy atom. The highest BCUT2D eigenvalue weighted by Gasteiger charge is 2.24. The molecule has 1 N–H and O–H groups in total. The predicted octanol–water partition coefficient (Wildman–Crippen LogP) is 2.21. The molecule has 146 valence electrons. The average Bonchev–Trinajstić information content (AvgIpc) is 3.11. The number of benzene rings is 1. The minimum Gasteiger partial charge on any atom is -0.497 e. The molecular weight excluding hydrogens is 344 g/mol. The third-order valence-corrected chi connectivity index (χ3v) is 4.98. The van der Waals surface area contributed by atoms with Gasteiger partial charge in [0.05, 0.1) is 32.6 Å². The van der Waals surface area contributed by atoms with Crippen LogP contribution < -0.4 is 10.1 Å². The first kappa shape index (κ1) is 19.4. The molecule has 0 saturated carbocycles. The highest BCUT2D eigenvalue weighted by Crippen LogP contribution is 2.19. The number of aryl methyl sites for hydroxylation is 1. The molecule has 27 heavy (non-hydrogen) atoms. The van der Waals surface area contributed by atoms with Gasteiger partial charge in [0.25, 0.3) is 0 Å². The predicted molar refractivity (Wildman–Crippen MR) is 101 cm³/mol. The van der Waals surface area contributed by atoms with E-state index in [-0.39, 0.29) is 23.8 Å². The van der Waals surface area contributed by atoms with E-state index < -0.39 is 0 Å². The molecule has 2 heterocycles. The number of hydrogen-bond acceptors (Lipinski definition) is 5. The summed E-state index contributed by atoms with van der Waals surface area (Å²) in [5, 5.41) is 11.5. The van der Waals surface area contributed by atoms with Gasteiger partial charge in [0.2, 0.25) is 5.91 Å². The molecule has 2 aromatic rings. The molecule has 1 aromatic carbocycles. The number of methoxy groups -OCH3 is 1. The zero-order valence-corrected chi connectivity index (χ0v) is 16.2. The van der Waals surface area contributed by atoms with Crippen LogP contribution in [0.2, 0.25) is 0 Å². The second kappa shape index (κ2) is 8.99. The van der Waals surface area contributed by atoms with Crippen LogP contribution in [-0.2, 0) is 29.1 Å². The van der Waals surface area contributed by atoms with E-state index in [0.29, 0.717) is 32.6 Å². The Labute approximate surface area is 160 Å². The van der Waals surface area contributed by atoms with Crippen molar-refractivity contribution in [2.24, 2.45) is 11.8 Å². The fourth-order valence-corrected chi connectivity index (χ4v) is 3.17. The minimum atomic E-state index is -0.147. The van der Waals surface area contributed by atoms with Crippen molar-refractivity contribution in [3.63, 3.8) is 0 Å². The number of carbonyl (C=O) groups excluding carboxylic acids is 1. The quantitative estimate of drug-likeness (QED) is 0.890. The summed E-state index contributed by atoms with van der Waals surface area (Å²) in [6.45, 7) is 5.71. The van der Waals surface area contributed by atoms with Gasteiger partial charge in [0.15, 0.2) is 0 Å². The molecule has 2 atom stereocenters. The van der Waals surface area contributed by atoms with Gasteiger partial charge < -0.3 is 14.8 Å². The summed E-state index contributed by atoms with van der Waals surface area (Å²) in [5.41, 5.74) is 1.93. The first-order valence-electron chi connectivity index (χ1n) is 9.45. The number of nitrogens with zero attached hydrogens (tertiary/aromatic N) is 3. The van der Waals surface area contributed by atoms with Crippen LogP contribution in [-0.4, -0.2) is 40.7 Å². The van der Waals surface area contributed by atoms with Crippen molar-refractivity contribution in [2.45, 2.75) is 45.9 Å². The molecule has 1 aromatic heterocycles. The largest absolute Gasteiger partial charge is 0.497 e. The summed E-state index contributed by atoms with van der Waals surface area (Å²) in [4.78, 5) is 13.0. The highest BCUT2D eigenvalue weighted by molar-refractivity contribution is 5.79. The normalized spacial score (nSPS) is 21.3. The van der Waals surface area contributed by atoms with E-state index in [9.17, 15) is 4.79 Å². The van der Waals surface area contributed by atoms with Crippen LogP contribution in [0.15, 0.2) is 30.5 Å². The average molecular weight is 372 g/mol. The lowest BCUT2D eigenvalue weighted by Gasteiger charge is -2.26. The van der Waals surface area contributed by atoms with Crippen molar-refractivity contribution in [1.29, 1.82) is 0 Å². The zero-order chi connectivity index (χ0) is 19.2. The molecule has 3 rings (SSSR count). The fourth-order valence-electron chi connectivity index (χ4n) is 3.17. The van der Waals surface area contributed by atoms with Crippen molar-refractivity contribution >= 4 is 5.91 Å². The zero-order valence-electron chi connectivity index (χ0n) is 16.2. The molecule has 0 fully saturated rings. The van der Waals surface area contributed by atoms with Gasteiger partial charge in [-0.3, -0.25) is 9.48 Å². The number of ether oxygens (including phenoxy) is 2. The Kier molecular flexibility index (Phi) is 6.45. The van der Waals surface area contributed by atoms with Gasteiger partial charge in [-0.15, -0.1) is 5.10 Å². The van der Waals surface area contributed by atoms with Gasteiger partial charge >= 0.3 is 0 Å². The molecule has 7 heteroatoms. The number of aromatic nitrogens is 3. The maximum atomic E-state index is 13.0. The van der Waals surface area contributed by atoms with Gasteiger partial charge in [-0.05, 0) is 36.5 Å². The van der Waals surface area contributed by atoms with E-state index in [1.807, 2.05) is 30.5 Å². The standard InChI is InChI=1S/C20H28N4O3/c1-14(2)19-13-27-12-17-11-24(23-22-17)9-8-16(20(25)21-19)10-15-4-6-18(26-3)7-5-15/h4-7,11,14,16,19H,8-10,12-13H2,1-3H3,(H,21,25)/t16-,19-/m1/s1. The monoisotopic (exact) mass is 372 g/mol. The van der Waals surface area contributed by atoms with Crippen LogP contribution >= 0.6 is 0 Å². The smallest absolute Gasteiger partial charge is 0.223 e. The van der Waals surface area contributed by atoms with E-state index in [4.69, 9.17) is 9.47 Å². The van der Waals surface area contributed by atoms with Crippen LogP contribution in [0.3, 0.4) is 0 Å². The SMILES string of the molecule is COc1ccc(C[C@H]2CCn3cc(nn3)COC[C@H](C(C)C)NC2=O)cc1. The molecule has 0 spiro atoms. The van der Waals surface area contributed by atoms with E-state index in [1.54, 1.807) is 11.8 Å². The third-order valence-electron chi connectivity index (χ3n) is 4.98. The number of rotatable bonds is 4. The summed E-state index contributed by atoms with van der Waals surface area (Å²) in [5.74, 6) is 1.02. The molecule has 7 nitrogen and oxygen atoms in total. The summed E-state index contributed by atoms with van der Waals surface area (Å²) in [6, 6.07) is 7.86. The fraction of sp³-hybridized carbons (Fsp3) is 0.550. The van der Waals surface area contributed by atoms with Crippen molar-refractivity contribution in [1.82, 2.24) is 20.3 Å². The van der Waals surface area contributed by atoms with Crippen LogP contribution in [0, 0.1) is 11.8 Å². The first-order valence-corrected chi connectivity index (χ1v) is 9.45. The Bertz CT molecular complexity index is 742. The van der Waals surface area contributed by atoms with E-state index in [1.165, 1.54) is 0 Å². The molecule has 0 radical (unpaired) electrons. The lowest BCUT2D eigenvalue weighted by Crippen LogP contribution is -2.45. The molecule has 0 unspecified atom stereocenters. The van der Waals surface area contributed by atoms with Gasteiger partial charge in [-0.1, -0.05) is 31.2 Å². The van der Waals surface area contributed by atoms with Crippen molar-refractivity contribution in [3.8, 4) is 5.75 Å². The van der Waals surface area contributed by atoms with Crippen LogP contribution in [0.4, 0.5) is 0 Å². The maximum absolute atomic E-state index is 13.0. The summed E-state index contributed by atoms with van der Waals surface area (Å²) < 4.78 is 12.8. The van der Waals surface area contributed by atoms with Crippen molar-refractivity contribution < 1.29 is 14.3 Å². The number of carbonyl (C=O) groups is 1. The van der Waals surface area contributed by atoms with Crippen molar-refractivity contribution in [2.75, 3.05) is 13.7 Å². The molecular formula is C20H28N4O3. The van der Waals surface area contributed by atoms with Gasteiger partial charge in [0.1, 0.15) is 11.4 Å². The Balaban J connectivity index is 1.78. The van der Waals surface area contributed by atoms with Gasteiger partial charge in [0, 0.05) is 12.5 Å². The summed E-state index contributed by atoms with van der Waals surface area (Å²) in [6.07, 6.45) is 3.27. The van der Waals surface area contributed by atoms with E-state index in [0.717, 1.165) is 17.0 Å². The van der Waals surface area contributed by atoms with E-state index >= 15 is 0 Å². The second-order valence-corrected chi connectivity index (χ2v) is 7.38. The topological polar surface area (TPSA) is 78.3 Å². The maximum Gasteiger partial charge on any atom is 0.223 e. The molecule has 0 saturated heterocycles. The van der Waals surface area contributed by atoms with Gasteiger partial charge in [-0.2, -0.15) is 0 Å². The number of nitrogens with one attached hydrogen (secondary N) is 1. The second-order valence-electron chi connectivity index (χ2n) is 7.38. The Morgan fingerprint density at radius 2 is 2.11 bits per heavy atom. The molecule has 1 aliphatic rings. The summed E-state index contributed by atoms with van der Waals surface area (Å²) in [7, 11) is 1.65. The third kappa shape index (κ3) is 5.29. The first-order chi connectivity index (χ1) is 13.0. The van der Waals surface area contributed by atoms with Crippen molar-refractivity contribution in [3.05, 3.63) is 41.7 Å². The lowest BCUT2D eigenvalue weighted by atomic mass is 9.94.